The molecule has 0 saturated heterocycles. The number of methoxy groups -OCH3 is 1. The Morgan fingerprint density at radius 1 is 1.23 bits per heavy atom. The Kier molecular flexibility index (Phi) is 4.32. The van der Waals surface area contributed by atoms with E-state index in [1.54, 1.807) is 30.1 Å². The Bertz CT molecular complexity index is 1040. The van der Waals surface area contributed by atoms with Crippen LogP contribution in [-0.2, 0) is 6.54 Å². The molecule has 0 fully saturated rings. The van der Waals surface area contributed by atoms with Crippen molar-refractivity contribution in [3.8, 4) is 5.75 Å². The highest BCUT2D eigenvalue weighted by atomic mass is 32.1. The lowest BCUT2D eigenvalue weighted by molar-refractivity contribution is 0.102. The maximum Gasteiger partial charge on any atom is 0.257 e. The van der Waals surface area contributed by atoms with Crippen molar-refractivity contribution in [3.63, 3.8) is 0 Å². The van der Waals surface area contributed by atoms with Crippen LogP contribution in [0, 0.1) is 0 Å². The summed E-state index contributed by atoms with van der Waals surface area (Å²) in [5.41, 5.74) is 3.14. The zero-order chi connectivity index (χ0) is 17.9. The molecule has 4 aromatic rings. The number of amides is 1. The van der Waals surface area contributed by atoms with Crippen LogP contribution in [0.1, 0.15) is 15.9 Å². The number of carbonyl (C=O) groups excluding carboxylic acids is 1. The fourth-order valence-electron chi connectivity index (χ4n) is 2.59. The number of ether oxygens (including phenoxy) is 1. The Labute approximate surface area is 153 Å². The summed E-state index contributed by atoms with van der Waals surface area (Å²) in [6.45, 7) is 0.588. The minimum atomic E-state index is -0.216. The number of hydrogen-bond donors (Lipinski definition) is 1. The number of benzene rings is 2. The van der Waals surface area contributed by atoms with Gasteiger partial charge in [0, 0.05) is 17.1 Å². The first-order valence-corrected chi connectivity index (χ1v) is 8.78. The molecule has 0 spiro atoms. The van der Waals surface area contributed by atoms with E-state index in [0.717, 1.165) is 16.8 Å². The summed E-state index contributed by atoms with van der Waals surface area (Å²) < 4.78 is 6.98. The molecule has 0 aliphatic rings. The molecule has 0 bridgehead atoms. The van der Waals surface area contributed by atoms with Crippen LogP contribution in [0.25, 0.3) is 11.0 Å². The van der Waals surface area contributed by atoms with Gasteiger partial charge < -0.3 is 4.74 Å². The molecule has 1 amide bonds. The van der Waals surface area contributed by atoms with Crippen molar-refractivity contribution in [3.05, 3.63) is 65.2 Å². The number of hydrogen-bond acceptors (Lipinski definition) is 6. The molecule has 26 heavy (non-hydrogen) atoms. The minimum Gasteiger partial charge on any atom is -0.497 e. The van der Waals surface area contributed by atoms with Gasteiger partial charge in [-0.1, -0.05) is 17.3 Å². The van der Waals surface area contributed by atoms with Gasteiger partial charge in [-0.2, -0.15) is 0 Å². The van der Waals surface area contributed by atoms with Crippen LogP contribution >= 0.6 is 11.3 Å². The van der Waals surface area contributed by atoms with E-state index in [-0.39, 0.29) is 5.91 Å². The van der Waals surface area contributed by atoms with Gasteiger partial charge in [-0.25, -0.2) is 9.67 Å². The van der Waals surface area contributed by atoms with Crippen LogP contribution in [0.5, 0.6) is 5.75 Å². The third-order valence-electron chi connectivity index (χ3n) is 3.92. The smallest absolute Gasteiger partial charge is 0.257 e. The second-order valence-electron chi connectivity index (χ2n) is 5.59. The summed E-state index contributed by atoms with van der Waals surface area (Å²) in [7, 11) is 1.64. The number of fused-ring (bicyclic) bond motifs is 1. The summed E-state index contributed by atoms with van der Waals surface area (Å²) >= 11 is 1.37. The molecule has 1 N–H and O–H groups in total. The average Bonchev–Trinajstić information content (AvgIpc) is 3.32. The minimum absolute atomic E-state index is 0.216. The average molecular weight is 365 g/mol. The first-order valence-electron chi connectivity index (χ1n) is 7.90. The molecule has 0 aliphatic heterocycles. The van der Waals surface area contributed by atoms with Crippen LogP contribution in [-0.4, -0.2) is 33.0 Å². The Balaban J connectivity index is 1.55. The topological polar surface area (TPSA) is 81.9 Å². The lowest BCUT2D eigenvalue weighted by Crippen LogP contribution is -2.11. The number of carbonyl (C=O) groups is 1. The summed E-state index contributed by atoms with van der Waals surface area (Å²) in [5.74, 6) is 0.597. The van der Waals surface area contributed by atoms with Crippen LogP contribution in [0.2, 0.25) is 0 Å². The van der Waals surface area contributed by atoms with Gasteiger partial charge in [0.2, 0.25) is 0 Å². The predicted molar refractivity (Wildman–Crippen MR) is 99.7 cm³/mol. The van der Waals surface area contributed by atoms with Crippen molar-refractivity contribution in [1.29, 1.82) is 0 Å². The SMILES string of the molecule is COc1ccc(Cn2nnc3cc(C(=O)Nc4nccs4)ccc32)cc1. The monoisotopic (exact) mass is 365 g/mol. The third-order valence-corrected chi connectivity index (χ3v) is 4.61. The first kappa shape index (κ1) is 16.2. The summed E-state index contributed by atoms with van der Waals surface area (Å²) in [6, 6.07) is 13.2. The second kappa shape index (κ2) is 6.93. The van der Waals surface area contributed by atoms with Crippen molar-refractivity contribution in [2.75, 3.05) is 12.4 Å². The van der Waals surface area contributed by atoms with E-state index >= 15 is 0 Å². The van der Waals surface area contributed by atoms with Crippen molar-refractivity contribution >= 4 is 33.4 Å². The Hall–Kier alpha value is -3.26. The number of anilines is 1. The van der Waals surface area contributed by atoms with Crippen LogP contribution < -0.4 is 10.1 Å². The number of rotatable bonds is 5. The second-order valence-corrected chi connectivity index (χ2v) is 6.48. The molecule has 7 nitrogen and oxygen atoms in total. The molecular formula is C18H15N5O2S. The van der Waals surface area contributed by atoms with E-state index in [4.69, 9.17) is 4.74 Å². The predicted octanol–water partition coefficient (Wildman–Crippen LogP) is 3.20. The van der Waals surface area contributed by atoms with Crippen molar-refractivity contribution < 1.29 is 9.53 Å². The molecule has 2 aromatic carbocycles. The van der Waals surface area contributed by atoms with Gasteiger partial charge in [-0.05, 0) is 35.9 Å². The molecule has 4 rings (SSSR count). The largest absolute Gasteiger partial charge is 0.497 e. The molecule has 8 heteroatoms. The molecule has 130 valence electrons. The standard InChI is InChI=1S/C18H15N5O2S/c1-25-14-5-2-12(3-6-14)11-23-16-7-4-13(10-15(16)21-22-23)17(24)20-18-19-8-9-26-18/h2-10H,11H2,1H3,(H,19,20,24). The van der Waals surface area contributed by atoms with Crippen LogP contribution in [0.3, 0.4) is 0 Å². The number of aromatic nitrogens is 4. The maximum absolute atomic E-state index is 12.3. The quantitative estimate of drug-likeness (QED) is 0.587. The van der Waals surface area contributed by atoms with E-state index in [0.29, 0.717) is 22.8 Å². The van der Waals surface area contributed by atoms with Gasteiger partial charge in [0.15, 0.2) is 5.13 Å². The van der Waals surface area contributed by atoms with E-state index in [9.17, 15) is 4.79 Å². The molecule has 2 aromatic heterocycles. The van der Waals surface area contributed by atoms with E-state index < -0.39 is 0 Å². The fourth-order valence-corrected chi connectivity index (χ4v) is 3.11. The first-order chi connectivity index (χ1) is 12.7. The zero-order valence-electron chi connectivity index (χ0n) is 13.9. The lowest BCUT2D eigenvalue weighted by Gasteiger charge is -2.05. The van der Waals surface area contributed by atoms with E-state index in [2.05, 4.69) is 20.6 Å². The molecule has 0 radical (unpaired) electrons. The Morgan fingerprint density at radius 3 is 2.81 bits per heavy atom. The van der Waals surface area contributed by atoms with Gasteiger partial charge >= 0.3 is 0 Å². The molecule has 0 aliphatic carbocycles. The third kappa shape index (κ3) is 3.27. The van der Waals surface area contributed by atoms with E-state index in [1.807, 2.05) is 35.7 Å². The number of nitrogens with zero attached hydrogens (tertiary/aromatic N) is 4. The van der Waals surface area contributed by atoms with Crippen molar-refractivity contribution in [1.82, 2.24) is 20.0 Å². The zero-order valence-corrected chi connectivity index (χ0v) is 14.7. The summed E-state index contributed by atoms with van der Waals surface area (Å²) in [6.07, 6.45) is 1.65. The van der Waals surface area contributed by atoms with Crippen molar-refractivity contribution in [2.45, 2.75) is 6.54 Å². The van der Waals surface area contributed by atoms with Gasteiger partial charge in [-0.15, -0.1) is 16.4 Å². The highest BCUT2D eigenvalue weighted by molar-refractivity contribution is 7.13. The van der Waals surface area contributed by atoms with Crippen LogP contribution in [0.15, 0.2) is 54.0 Å². The van der Waals surface area contributed by atoms with Gasteiger partial charge in [0.05, 0.1) is 19.2 Å². The summed E-state index contributed by atoms with van der Waals surface area (Å²) in [5, 5.41) is 13.5. The maximum atomic E-state index is 12.3. The Morgan fingerprint density at radius 2 is 2.08 bits per heavy atom. The van der Waals surface area contributed by atoms with Gasteiger partial charge in [0.1, 0.15) is 11.3 Å². The highest BCUT2D eigenvalue weighted by Crippen LogP contribution is 2.18. The molecule has 0 saturated carbocycles. The molecule has 0 atom stereocenters. The van der Waals surface area contributed by atoms with Gasteiger partial charge in [0.25, 0.3) is 5.91 Å². The lowest BCUT2D eigenvalue weighted by atomic mass is 10.2. The normalized spacial score (nSPS) is 10.8. The van der Waals surface area contributed by atoms with Crippen LogP contribution in [0.4, 0.5) is 5.13 Å². The molecular weight excluding hydrogens is 350 g/mol. The fraction of sp³-hybridized carbons (Fsp3) is 0.111. The summed E-state index contributed by atoms with van der Waals surface area (Å²) in [4.78, 5) is 16.4. The van der Waals surface area contributed by atoms with Crippen molar-refractivity contribution in [2.24, 2.45) is 0 Å². The number of thiazole rings is 1. The van der Waals surface area contributed by atoms with Gasteiger partial charge in [-0.3, -0.25) is 10.1 Å². The highest BCUT2D eigenvalue weighted by Gasteiger charge is 2.11. The number of nitrogens with one attached hydrogen (secondary N) is 1. The molecule has 0 unspecified atom stereocenters. The molecule has 2 heterocycles. The van der Waals surface area contributed by atoms with E-state index in [1.165, 1.54) is 11.3 Å².